The lowest BCUT2D eigenvalue weighted by Crippen LogP contribution is -2.34. The Hall–Kier alpha value is -1.55. The molecule has 0 spiro atoms. The van der Waals surface area contributed by atoms with E-state index < -0.39 is 0 Å². The van der Waals surface area contributed by atoms with Gasteiger partial charge in [0.2, 0.25) is 5.91 Å². The minimum atomic E-state index is -0.258. The Balaban J connectivity index is 1.87. The Morgan fingerprint density at radius 2 is 2.10 bits per heavy atom. The van der Waals surface area contributed by atoms with E-state index >= 15 is 0 Å². The van der Waals surface area contributed by atoms with Crippen LogP contribution in [-0.2, 0) is 4.79 Å². The van der Waals surface area contributed by atoms with Gasteiger partial charge in [-0.05, 0) is 37.5 Å². The van der Waals surface area contributed by atoms with Crippen molar-refractivity contribution in [1.29, 1.82) is 0 Å². The SMILES string of the molecule is COc1ccc(C(C)C(=O)NCC2CCCC2O)cc1. The molecular weight excluding hydrogens is 254 g/mol. The molecule has 1 amide bonds. The Labute approximate surface area is 120 Å². The summed E-state index contributed by atoms with van der Waals surface area (Å²) in [5.74, 6) is 0.811. The van der Waals surface area contributed by atoms with Crippen LogP contribution in [0.2, 0.25) is 0 Å². The number of aliphatic hydroxyl groups excluding tert-OH is 1. The van der Waals surface area contributed by atoms with Gasteiger partial charge < -0.3 is 15.2 Å². The zero-order chi connectivity index (χ0) is 14.5. The number of hydrogen-bond donors (Lipinski definition) is 2. The van der Waals surface area contributed by atoms with E-state index in [0.717, 1.165) is 30.6 Å². The van der Waals surface area contributed by atoms with Crippen LogP contribution in [0.5, 0.6) is 5.75 Å². The zero-order valence-electron chi connectivity index (χ0n) is 12.1. The standard InChI is InChI=1S/C16H23NO3/c1-11(12-6-8-14(20-2)9-7-12)16(19)17-10-13-4-3-5-15(13)18/h6-9,11,13,15,18H,3-5,10H2,1-2H3,(H,17,19). The largest absolute Gasteiger partial charge is 0.497 e. The first-order chi connectivity index (χ1) is 9.61. The number of hydrogen-bond acceptors (Lipinski definition) is 3. The highest BCUT2D eigenvalue weighted by atomic mass is 16.5. The van der Waals surface area contributed by atoms with Gasteiger partial charge >= 0.3 is 0 Å². The predicted molar refractivity (Wildman–Crippen MR) is 77.8 cm³/mol. The van der Waals surface area contributed by atoms with Gasteiger partial charge in [-0.3, -0.25) is 4.79 Å². The van der Waals surface area contributed by atoms with Crippen LogP contribution >= 0.6 is 0 Å². The first-order valence-electron chi connectivity index (χ1n) is 7.21. The summed E-state index contributed by atoms with van der Waals surface area (Å²) in [7, 11) is 1.62. The molecule has 110 valence electrons. The average Bonchev–Trinajstić information content (AvgIpc) is 2.89. The fourth-order valence-corrected chi connectivity index (χ4v) is 2.68. The molecule has 3 unspecified atom stereocenters. The molecule has 20 heavy (non-hydrogen) atoms. The van der Waals surface area contributed by atoms with Gasteiger partial charge in [0.05, 0.1) is 19.1 Å². The fourth-order valence-electron chi connectivity index (χ4n) is 2.68. The van der Waals surface area contributed by atoms with Gasteiger partial charge in [0, 0.05) is 12.5 Å². The van der Waals surface area contributed by atoms with Crippen LogP contribution in [0.1, 0.15) is 37.7 Å². The van der Waals surface area contributed by atoms with Crippen LogP contribution in [0.15, 0.2) is 24.3 Å². The van der Waals surface area contributed by atoms with Crippen LogP contribution in [0.25, 0.3) is 0 Å². The second-order valence-corrected chi connectivity index (χ2v) is 5.50. The number of carbonyl (C=O) groups excluding carboxylic acids is 1. The third-order valence-electron chi connectivity index (χ3n) is 4.17. The van der Waals surface area contributed by atoms with Crippen molar-refractivity contribution in [2.45, 2.75) is 38.2 Å². The molecular formula is C16H23NO3. The number of rotatable bonds is 5. The maximum absolute atomic E-state index is 12.1. The van der Waals surface area contributed by atoms with Crippen molar-refractivity contribution in [3.63, 3.8) is 0 Å². The summed E-state index contributed by atoms with van der Waals surface area (Å²) in [6.45, 7) is 2.46. The van der Waals surface area contributed by atoms with Gasteiger partial charge in [-0.1, -0.05) is 18.6 Å². The summed E-state index contributed by atoms with van der Waals surface area (Å²) in [5, 5.41) is 12.7. The summed E-state index contributed by atoms with van der Waals surface area (Å²) in [6, 6.07) is 7.54. The summed E-state index contributed by atoms with van der Waals surface area (Å²) in [4.78, 5) is 12.1. The molecule has 2 rings (SSSR count). The lowest BCUT2D eigenvalue weighted by atomic mass is 9.99. The molecule has 0 bridgehead atoms. The minimum Gasteiger partial charge on any atom is -0.497 e. The normalized spacial score (nSPS) is 23.4. The van der Waals surface area contributed by atoms with Crippen molar-refractivity contribution in [3.05, 3.63) is 29.8 Å². The number of ether oxygens (including phenoxy) is 1. The average molecular weight is 277 g/mol. The lowest BCUT2D eigenvalue weighted by Gasteiger charge is -2.18. The Kier molecular flexibility index (Phi) is 5.01. The quantitative estimate of drug-likeness (QED) is 0.866. The maximum atomic E-state index is 12.1. The van der Waals surface area contributed by atoms with E-state index in [-0.39, 0.29) is 23.8 Å². The van der Waals surface area contributed by atoms with Crippen molar-refractivity contribution < 1.29 is 14.6 Å². The van der Waals surface area contributed by atoms with Gasteiger partial charge in [0.15, 0.2) is 0 Å². The van der Waals surface area contributed by atoms with Crippen molar-refractivity contribution in [1.82, 2.24) is 5.32 Å². The molecule has 1 fully saturated rings. The topological polar surface area (TPSA) is 58.6 Å². The van der Waals surface area contributed by atoms with Crippen LogP contribution in [-0.4, -0.2) is 30.8 Å². The number of nitrogens with one attached hydrogen (secondary N) is 1. The Morgan fingerprint density at radius 1 is 1.40 bits per heavy atom. The monoisotopic (exact) mass is 277 g/mol. The molecule has 1 aliphatic rings. The smallest absolute Gasteiger partial charge is 0.227 e. The highest BCUT2D eigenvalue weighted by molar-refractivity contribution is 5.83. The summed E-state index contributed by atoms with van der Waals surface area (Å²) in [5.41, 5.74) is 0.968. The van der Waals surface area contributed by atoms with E-state index in [1.165, 1.54) is 0 Å². The molecule has 1 aromatic carbocycles. The predicted octanol–water partition coefficient (Wildman–Crippen LogP) is 2.08. The third-order valence-corrected chi connectivity index (χ3v) is 4.17. The highest BCUT2D eigenvalue weighted by Gasteiger charge is 2.26. The number of aliphatic hydroxyl groups is 1. The molecule has 0 saturated heterocycles. The molecule has 0 radical (unpaired) electrons. The van der Waals surface area contributed by atoms with Crippen LogP contribution in [0.3, 0.4) is 0 Å². The Morgan fingerprint density at radius 3 is 2.65 bits per heavy atom. The molecule has 0 aromatic heterocycles. The summed E-state index contributed by atoms with van der Waals surface area (Å²) >= 11 is 0. The van der Waals surface area contributed by atoms with E-state index in [9.17, 15) is 9.90 Å². The molecule has 0 heterocycles. The molecule has 0 aliphatic heterocycles. The van der Waals surface area contributed by atoms with Crippen molar-refractivity contribution >= 4 is 5.91 Å². The van der Waals surface area contributed by atoms with Crippen LogP contribution in [0, 0.1) is 5.92 Å². The first-order valence-corrected chi connectivity index (χ1v) is 7.21. The maximum Gasteiger partial charge on any atom is 0.227 e. The number of benzene rings is 1. The second kappa shape index (κ2) is 6.75. The zero-order valence-corrected chi connectivity index (χ0v) is 12.1. The van der Waals surface area contributed by atoms with Crippen LogP contribution < -0.4 is 10.1 Å². The number of amides is 1. The van der Waals surface area contributed by atoms with E-state index in [1.807, 2.05) is 31.2 Å². The molecule has 1 aromatic rings. The van der Waals surface area contributed by atoms with Crippen molar-refractivity contribution in [2.24, 2.45) is 5.92 Å². The van der Waals surface area contributed by atoms with Gasteiger partial charge in [-0.15, -0.1) is 0 Å². The van der Waals surface area contributed by atoms with E-state index in [4.69, 9.17) is 4.74 Å². The highest BCUT2D eigenvalue weighted by Crippen LogP contribution is 2.25. The Bertz CT molecular complexity index is 444. The molecule has 1 saturated carbocycles. The summed E-state index contributed by atoms with van der Waals surface area (Å²) in [6.07, 6.45) is 2.65. The molecule has 2 N–H and O–H groups in total. The number of methoxy groups -OCH3 is 1. The molecule has 1 aliphatic carbocycles. The molecule has 4 heteroatoms. The number of carbonyl (C=O) groups is 1. The van der Waals surface area contributed by atoms with E-state index in [0.29, 0.717) is 6.54 Å². The van der Waals surface area contributed by atoms with Gasteiger partial charge in [-0.25, -0.2) is 0 Å². The van der Waals surface area contributed by atoms with Gasteiger partial charge in [0.25, 0.3) is 0 Å². The van der Waals surface area contributed by atoms with E-state index in [2.05, 4.69) is 5.32 Å². The minimum absolute atomic E-state index is 0.00858. The van der Waals surface area contributed by atoms with Gasteiger partial charge in [-0.2, -0.15) is 0 Å². The van der Waals surface area contributed by atoms with Gasteiger partial charge in [0.1, 0.15) is 5.75 Å². The first kappa shape index (κ1) is 14.9. The van der Waals surface area contributed by atoms with Crippen molar-refractivity contribution in [3.8, 4) is 5.75 Å². The van der Waals surface area contributed by atoms with E-state index in [1.54, 1.807) is 7.11 Å². The van der Waals surface area contributed by atoms with Crippen LogP contribution in [0.4, 0.5) is 0 Å². The molecule has 3 atom stereocenters. The fraction of sp³-hybridized carbons (Fsp3) is 0.562. The summed E-state index contributed by atoms with van der Waals surface area (Å²) < 4.78 is 5.11. The lowest BCUT2D eigenvalue weighted by molar-refractivity contribution is -0.122. The molecule has 4 nitrogen and oxygen atoms in total. The van der Waals surface area contributed by atoms with Crippen molar-refractivity contribution in [2.75, 3.05) is 13.7 Å². The second-order valence-electron chi connectivity index (χ2n) is 5.50. The third kappa shape index (κ3) is 3.51.